The summed E-state index contributed by atoms with van der Waals surface area (Å²) in [6.45, 7) is 0. The number of benzene rings is 1. The third-order valence-electron chi connectivity index (χ3n) is 2.16. The van der Waals surface area contributed by atoms with E-state index in [4.69, 9.17) is 0 Å². The van der Waals surface area contributed by atoms with Gasteiger partial charge in [-0.3, -0.25) is 0 Å². The first kappa shape index (κ1) is 9.65. The smallest absolute Gasteiger partial charge is 0.105 e. The van der Waals surface area contributed by atoms with Crippen molar-refractivity contribution in [2.75, 3.05) is 0 Å². The normalized spacial score (nSPS) is 10.9. The summed E-state index contributed by atoms with van der Waals surface area (Å²) in [5, 5.41) is 10.2. The first-order chi connectivity index (χ1) is 7.45. The van der Waals surface area contributed by atoms with Crippen LogP contribution >= 0.6 is 0 Å². The predicted octanol–water partition coefficient (Wildman–Crippen LogP) is 2.45. The summed E-state index contributed by atoms with van der Waals surface area (Å²) in [6, 6.07) is 10.5. The van der Waals surface area contributed by atoms with Crippen molar-refractivity contribution in [1.29, 1.82) is 0 Å². The minimum Gasteiger partial charge on any atom is -0.197 e. The van der Waals surface area contributed by atoms with Crippen LogP contribution in [-0.4, -0.2) is 15.4 Å². The molecule has 0 radical (unpaired) electrons. The van der Waals surface area contributed by atoms with Gasteiger partial charge in [0.05, 0.1) is 6.20 Å². The first-order valence-electron chi connectivity index (χ1n) is 5.01. The number of nitrogens with one attached hydrogen (secondary N) is 1. The van der Waals surface area contributed by atoms with Crippen LogP contribution in [0.4, 0.5) is 0 Å². The molecule has 15 heavy (non-hydrogen) atoms. The molecule has 3 nitrogen and oxygen atoms in total. The third-order valence-corrected chi connectivity index (χ3v) is 2.16. The number of nitrogens with zero attached hydrogens (tertiary/aromatic N) is 2. The van der Waals surface area contributed by atoms with Gasteiger partial charge in [0.1, 0.15) is 5.69 Å². The van der Waals surface area contributed by atoms with E-state index in [1.165, 1.54) is 5.56 Å². The zero-order valence-corrected chi connectivity index (χ0v) is 8.43. The summed E-state index contributed by atoms with van der Waals surface area (Å²) < 4.78 is 0. The summed E-state index contributed by atoms with van der Waals surface area (Å²) in [6.07, 6.45) is 7.89. The van der Waals surface area contributed by atoms with Gasteiger partial charge in [0.15, 0.2) is 0 Å². The number of aryl methyl sites for hydroxylation is 1. The molecule has 0 unspecified atom stereocenters. The summed E-state index contributed by atoms with van der Waals surface area (Å²) in [7, 11) is 0. The molecule has 0 saturated carbocycles. The Kier molecular flexibility index (Phi) is 3.28. The van der Waals surface area contributed by atoms with Gasteiger partial charge in [0, 0.05) is 0 Å². The van der Waals surface area contributed by atoms with Crippen molar-refractivity contribution >= 4 is 6.08 Å². The van der Waals surface area contributed by atoms with Crippen molar-refractivity contribution in [2.24, 2.45) is 0 Å². The van der Waals surface area contributed by atoms with Gasteiger partial charge in [-0.15, -0.1) is 0 Å². The molecule has 0 saturated heterocycles. The van der Waals surface area contributed by atoms with Crippen LogP contribution in [-0.2, 0) is 6.42 Å². The van der Waals surface area contributed by atoms with Gasteiger partial charge in [-0.1, -0.05) is 36.4 Å². The SMILES string of the molecule is C(=Cc1cn[nH]n1)CCc1ccccc1. The molecule has 3 heteroatoms. The Hall–Kier alpha value is -1.90. The zero-order valence-electron chi connectivity index (χ0n) is 8.43. The van der Waals surface area contributed by atoms with E-state index in [1.54, 1.807) is 6.20 Å². The lowest BCUT2D eigenvalue weighted by atomic mass is 10.1. The molecule has 76 valence electrons. The highest BCUT2D eigenvalue weighted by Gasteiger charge is 1.89. The van der Waals surface area contributed by atoms with Crippen LogP contribution in [0.25, 0.3) is 6.08 Å². The van der Waals surface area contributed by atoms with E-state index >= 15 is 0 Å². The van der Waals surface area contributed by atoms with E-state index in [0.29, 0.717) is 0 Å². The maximum atomic E-state index is 3.94. The number of rotatable bonds is 4. The Labute approximate surface area is 88.8 Å². The Balaban J connectivity index is 1.80. The van der Waals surface area contributed by atoms with E-state index in [9.17, 15) is 0 Å². The molecule has 1 aromatic heterocycles. The lowest BCUT2D eigenvalue weighted by Crippen LogP contribution is -1.81. The lowest BCUT2D eigenvalue weighted by molar-refractivity contribution is 0.936. The molecule has 0 atom stereocenters. The maximum Gasteiger partial charge on any atom is 0.105 e. The largest absolute Gasteiger partial charge is 0.197 e. The molecule has 1 heterocycles. The maximum absolute atomic E-state index is 3.94. The van der Waals surface area contributed by atoms with Gasteiger partial charge >= 0.3 is 0 Å². The molecule has 0 aliphatic carbocycles. The molecule has 0 aliphatic heterocycles. The van der Waals surface area contributed by atoms with Crippen LogP contribution in [0, 0.1) is 0 Å². The van der Waals surface area contributed by atoms with Gasteiger partial charge in [-0.05, 0) is 24.5 Å². The number of aromatic nitrogens is 3. The van der Waals surface area contributed by atoms with Gasteiger partial charge in [0.25, 0.3) is 0 Å². The summed E-state index contributed by atoms with van der Waals surface area (Å²) in [5.74, 6) is 0. The fraction of sp³-hybridized carbons (Fsp3) is 0.167. The molecule has 0 fully saturated rings. The fourth-order valence-corrected chi connectivity index (χ4v) is 1.39. The van der Waals surface area contributed by atoms with Crippen LogP contribution in [0.15, 0.2) is 42.6 Å². The van der Waals surface area contributed by atoms with Crippen LogP contribution in [0.2, 0.25) is 0 Å². The van der Waals surface area contributed by atoms with E-state index in [1.807, 2.05) is 12.1 Å². The van der Waals surface area contributed by atoms with E-state index in [0.717, 1.165) is 18.5 Å². The van der Waals surface area contributed by atoms with Crippen molar-refractivity contribution in [2.45, 2.75) is 12.8 Å². The average molecular weight is 199 g/mol. The van der Waals surface area contributed by atoms with Crippen molar-refractivity contribution in [3.05, 3.63) is 53.9 Å². The van der Waals surface area contributed by atoms with Crippen LogP contribution in [0.3, 0.4) is 0 Å². The average Bonchev–Trinajstić information content (AvgIpc) is 2.79. The minimum atomic E-state index is 0.878. The molecular weight excluding hydrogens is 186 g/mol. The number of hydrogen-bond donors (Lipinski definition) is 1. The van der Waals surface area contributed by atoms with Crippen LogP contribution < -0.4 is 0 Å². The van der Waals surface area contributed by atoms with Crippen molar-refractivity contribution < 1.29 is 0 Å². The second kappa shape index (κ2) is 5.10. The molecule has 0 spiro atoms. The van der Waals surface area contributed by atoms with Crippen molar-refractivity contribution in [3.8, 4) is 0 Å². The van der Waals surface area contributed by atoms with Crippen LogP contribution in [0.5, 0.6) is 0 Å². The Morgan fingerprint density at radius 1 is 1.20 bits per heavy atom. The van der Waals surface area contributed by atoms with Crippen molar-refractivity contribution in [3.63, 3.8) is 0 Å². The Bertz CT molecular complexity index is 404. The molecule has 1 N–H and O–H groups in total. The lowest BCUT2D eigenvalue weighted by Gasteiger charge is -1.95. The predicted molar refractivity (Wildman–Crippen MR) is 60.2 cm³/mol. The molecule has 2 aromatic rings. The second-order valence-electron chi connectivity index (χ2n) is 3.32. The topological polar surface area (TPSA) is 41.6 Å². The summed E-state index contributed by atoms with van der Waals surface area (Å²) >= 11 is 0. The van der Waals surface area contributed by atoms with Gasteiger partial charge in [-0.25, -0.2) is 0 Å². The van der Waals surface area contributed by atoms with Gasteiger partial charge in [0.2, 0.25) is 0 Å². The number of H-pyrrole nitrogens is 1. The van der Waals surface area contributed by atoms with E-state index in [-0.39, 0.29) is 0 Å². The molecule has 0 aliphatic rings. The molecule has 0 bridgehead atoms. The molecular formula is C12H13N3. The van der Waals surface area contributed by atoms with E-state index < -0.39 is 0 Å². The Morgan fingerprint density at radius 2 is 2.07 bits per heavy atom. The molecule has 0 amide bonds. The summed E-state index contributed by atoms with van der Waals surface area (Å²) in [4.78, 5) is 0. The second-order valence-corrected chi connectivity index (χ2v) is 3.32. The quantitative estimate of drug-likeness (QED) is 0.821. The van der Waals surface area contributed by atoms with Gasteiger partial charge in [-0.2, -0.15) is 15.4 Å². The number of aromatic amines is 1. The van der Waals surface area contributed by atoms with Gasteiger partial charge < -0.3 is 0 Å². The molecule has 1 aromatic carbocycles. The zero-order chi connectivity index (χ0) is 10.3. The minimum absolute atomic E-state index is 0.878. The van der Waals surface area contributed by atoms with Crippen LogP contribution in [0.1, 0.15) is 17.7 Å². The number of hydrogen-bond acceptors (Lipinski definition) is 2. The first-order valence-corrected chi connectivity index (χ1v) is 5.01. The van der Waals surface area contributed by atoms with Crippen molar-refractivity contribution in [1.82, 2.24) is 15.4 Å². The highest BCUT2D eigenvalue weighted by atomic mass is 15.3. The number of allylic oxidation sites excluding steroid dienone is 1. The highest BCUT2D eigenvalue weighted by molar-refractivity contribution is 5.41. The summed E-state index contributed by atoms with van der Waals surface area (Å²) in [5.41, 5.74) is 2.24. The monoisotopic (exact) mass is 199 g/mol. The fourth-order valence-electron chi connectivity index (χ4n) is 1.39. The standard InChI is InChI=1S/C12H13N3/c1-2-6-11(7-3-1)8-4-5-9-12-10-13-15-14-12/h1-3,5-7,9-10H,4,8H2,(H,13,14,15). The highest BCUT2D eigenvalue weighted by Crippen LogP contribution is 2.04. The third kappa shape index (κ3) is 3.06. The van der Waals surface area contributed by atoms with E-state index in [2.05, 4.69) is 45.8 Å². The Morgan fingerprint density at radius 3 is 2.80 bits per heavy atom. The molecule has 2 rings (SSSR count).